The fourth-order valence-corrected chi connectivity index (χ4v) is 1.89. The molecule has 2 atom stereocenters. The third-order valence-corrected chi connectivity index (χ3v) is 2.60. The summed E-state index contributed by atoms with van der Waals surface area (Å²) < 4.78 is 0. The van der Waals surface area contributed by atoms with Crippen LogP contribution >= 0.6 is 11.6 Å². The maximum atomic E-state index is 9.63. The van der Waals surface area contributed by atoms with Gasteiger partial charge >= 0.3 is 0 Å². The molecule has 0 spiro atoms. The van der Waals surface area contributed by atoms with E-state index in [1.165, 1.54) is 0 Å². The molecule has 0 heterocycles. The van der Waals surface area contributed by atoms with E-state index in [0.29, 0.717) is 0 Å². The van der Waals surface area contributed by atoms with Crippen LogP contribution in [0, 0.1) is 0 Å². The average Bonchev–Trinajstić information content (AvgIpc) is 2.51. The molecule has 1 aromatic rings. The summed E-state index contributed by atoms with van der Waals surface area (Å²) in [6, 6.07) is 7.66. The van der Waals surface area contributed by atoms with E-state index >= 15 is 0 Å². The number of benzene rings is 1. The Balaban J connectivity index is 2.29. The summed E-state index contributed by atoms with van der Waals surface area (Å²) in [5.41, 5.74) is 1.09. The maximum absolute atomic E-state index is 9.63. The third-order valence-electron chi connectivity index (χ3n) is 2.37. The molecule has 1 aliphatic carbocycles. The highest BCUT2D eigenvalue weighted by molar-refractivity contribution is 6.30. The summed E-state index contributed by atoms with van der Waals surface area (Å²) in [5.74, 6) is 0.124. The monoisotopic (exact) mass is 194 g/mol. The molecular formula is C11H11ClO. The van der Waals surface area contributed by atoms with Gasteiger partial charge in [-0.05, 0) is 24.1 Å². The molecule has 0 saturated heterocycles. The minimum Gasteiger partial charge on any atom is -0.392 e. The molecule has 68 valence electrons. The minimum absolute atomic E-state index is 0.124. The second-order valence-electron chi connectivity index (χ2n) is 3.31. The van der Waals surface area contributed by atoms with Gasteiger partial charge in [-0.25, -0.2) is 0 Å². The van der Waals surface area contributed by atoms with Crippen LogP contribution in [0.4, 0.5) is 0 Å². The van der Waals surface area contributed by atoms with E-state index in [0.717, 1.165) is 17.0 Å². The molecule has 1 nitrogen and oxygen atoms in total. The normalized spacial score (nSPS) is 26.6. The lowest BCUT2D eigenvalue weighted by Crippen LogP contribution is -2.11. The van der Waals surface area contributed by atoms with E-state index in [2.05, 4.69) is 0 Å². The quantitative estimate of drug-likeness (QED) is 0.682. The van der Waals surface area contributed by atoms with Crippen LogP contribution in [-0.4, -0.2) is 11.2 Å². The van der Waals surface area contributed by atoms with E-state index in [1.54, 1.807) is 0 Å². The first kappa shape index (κ1) is 8.79. The van der Waals surface area contributed by atoms with E-state index in [4.69, 9.17) is 11.6 Å². The van der Waals surface area contributed by atoms with Gasteiger partial charge in [0.1, 0.15) is 0 Å². The van der Waals surface area contributed by atoms with Gasteiger partial charge in [0.2, 0.25) is 0 Å². The maximum Gasteiger partial charge on any atom is 0.0677 e. The molecule has 1 aliphatic rings. The first-order valence-corrected chi connectivity index (χ1v) is 4.75. The van der Waals surface area contributed by atoms with E-state index in [-0.39, 0.29) is 12.0 Å². The number of rotatable bonds is 1. The SMILES string of the molecule is OC1CC=CC1c1cccc(Cl)c1. The molecule has 2 heteroatoms. The summed E-state index contributed by atoms with van der Waals surface area (Å²) in [6.45, 7) is 0. The fourth-order valence-electron chi connectivity index (χ4n) is 1.69. The topological polar surface area (TPSA) is 20.2 Å². The number of hydrogen-bond acceptors (Lipinski definition) is 1. The Bertz CT molecular complexity index is 333. The van der Waals surface area contributed by atoms with Gasteiger partial charge in [-0.3, -0.25) is 0 Å². The van der Waals surface area contributed by atoms with Gasteiger partial charge in [-0.1, -0.05) is 35.9 Å². The summed E-state index contributed by atoms with van der Waals surface area (Å²) >= 11 is 5.87. The van der Waals surface area contributed by atoms with Crippen molar-refractivity contribution in [3.8, 4) is 0 Å². The zero-order chi connectivity index (χ0) is 9.26. The van der Waals surface area contributed by atoms with Crippen LogP contribution in [0.15, 0.2) is 36.4 Å². The smallest absolute Gasteiger partial charge is 0.0677 e. The minimum atomic E-state index is -0.279. The molecule has 0 fully saturated rings. The molecule has 0 radical (unpaired) electrons. The van der Waals surface area contributed by atoms with Gasteiger partial charge in [0.25, 0.3) is 0 Å². The lowest BCUT2D eigenvalue weighted by Gasteiger charge is -2.13. The van der Waals surface area contributed by atoms with Crippen molar-refractivity contribution in [3.63, 3.8) is 0 Å². The number of aliphatic hydroxyl groups is 1. The zero-order valence-corrected chi connectivity index (χ0v) is 7.91. The van der Waals surface area contributed by atoms with Crippen LogP contribution in [0.25, 0.3) is 0 Å². The standard InChI is InChI=1S/C11H11ClO/c12-9-4-1-3-8(7-9)10-5-2-6-11(10)13/h1-5,7,10-11,13H,6H2. The summed E-state index contributed by atoms with van der Waals surface area (Å²) in [5, 5.41) is 10.4. The molecule has 1 aromatic carbocycles. The summed E-state index contributed by atoms with van der Waals surface area (Å²) in [6.07, 6.45) is 4.52. The van der Waals surface area contributed by atoms with E-state index < -0.39 is 0 Å². The van der Waals surface area contributed by atoms with Gasteiger partial charge in [-0.15, -0.1) is 0 Å². The average molecular weight is 195 g/mol. The molecule has 2 rings (SSSR count). The predicted molar refractivity (Wildman–Crippen MR) is 54.0 cm³/mol. The molecule has 0 amide bonds. The van der Waals surface area contributed by atoms with Crippen LogP contribution in [0.5, 0.6) is 0 Å². The van der Waals surface area contributed by atoms with E-state index in [9.17, 15) is 5.11 Å². The van der Waals surface area contributed by atoms with Crippen LogP contribution in [0.3, 0.4) is 0 Å². The zero-order valence-electron chi connectivity index (χ0n) is 7.15. The van der Waals surface area contributed by atoms with Gasteiger partial charge in [0.05, 0.1) is 6.10 Å². The first-order chi connectivity index (χ1) is 6.27. The Morgan fingerprint density at radius 3 is 2.85 bits per heavy atom. The Hall–Kier alpha value is -0.790. The summed E-state index contributed by atoms with van der Waals surface area (Å²) in [4.78, 5) is 0. The Labute approximate surface area is 82.7 Å². The molecular weight excluding hydrogens is 184 g/mol. The highest BCUT2D eigenvalue weighted by atomic mass is 35.5. The van der Waals surface area contributed by atoms with Crippen molar-refractivity contribution in [3.05, 3.63) is 47.0 Å². The second-order valence-corrected chi connectivity index (χ2v) is 3.75. The summed E-state index contributed by atoms with van der Waals surface area (Å²) in [7, 11) is 0. The Morgan fingerprint density at radius 2 is 2.23 bits per heavy atom. The molecule has 0 bridgehead atoms. The van der Waals surface area contributed by atoms with Gasteiger partial charge in [0, 0.05) is 10.9 Å². The Morgan fingerprint density at radius 1 is 1.38 bits per heavy atom. The van der Waals surface area contributed by atoms with Crippen molar-refractivity contribution in [1.82, 2.24) is 0 Å². The highest BCUT2D eigenvalue weighted by Crippen LogP contribution is 2.29. The Kier molecular flexibility index (Phi) is 2.38. The van der Waals surface area contributed by atoms with Crippen LogP contribution in [0.1, 0.15) is 17.9 Å². The lowest BCUT2D eigenvalue weighted by atomic mass is 9.97. The van der Waals surface area contributed by atoms with Crippen molar-refractivity contribution in [2.45, 2.75) is 18.4 Å². The third kappa shape index (κ3) is 1.77. The second kappa shape index (κ2) is 3.52. The van der Waals surface area contributed by atoms with Crippen LogP contribution in [0.2, 0.25) is 5.02 Å². The van der Waals surface area contributed by atoms with Crippen molar-refractivity contribution < 1.29 is 5.11 Å². The molecule has 13 heavy (non-hydrogen) atoms. The molecule has 0 saturated carbocycles. The van der Waals surface area contributed by atoms with Gasteiger partial charge in [0.15, 0.2) is 0 Å². The molecule has 0 aromatic heterocycles. The van der Waals surface area contributed by atoms with E-state index in [1.807, 2.05) is 36.4 Å². The number of halogens is 1. The van der Waals surface area contributed by atoms with Crippen molar-refractivity contribution in [2.75, 3.05) is 0 Å². The number of aliphatic hydroxyl groups excluding tert-OH is 1. The molecule has 1 N–H and O–H groups in total. The van der Waals surface area contributed by atoms with Crippen molar-refractivity contribution in [2.24, 2.45) is 0 Å². The van der Waals surface area contributed by atoms with Crippen LogP contribution in [-0.2, 0) is 0 Å². The fraction of sp³-hybridized carbons (Fsp3) is 0.273. The van der Waals surface area contributed by atoms with Crippen molar-refractivity contribution in [1.29, 1.82) is 0 Å². The number of hydrogen-bond donors (Lipinski definition) is 1. The van der Waals surface area contributed by atoms with Gasteiger partial charge < -0.3 is 5.11 Å². The van der Waals surface area contributed by atoms with Crippen molar-refractivity contribution >= 4 is 11.6 Å². The molecule has 2 unspecified atom stereocenters. The highest BCUT2D eigenvalue weighted by Gasteiger charge is 2.21. The predicted octanol–water partition coefficient (Wildman–Crippen LogP) is 2.74. The largest absolute Gasteiger partial charge is 0.392 e. The first-order valence-electron chi connectivity index (χ1n) is 4.37. The lowest BCUT2D eigenvalue weighted by molar-refractivity contribution is 0.171. The van der Waals surface area contributed by atoms with Gasteiger partial charge in [-0.2, -0.15) is 0 Å². The molecule has 0 aliphatic heterocycles. The van der Waals surface area contributed by atoms with Crippen LogP contribution < -0.4 is 0 Å².